The Bertz CT molecular complexity index is 889. The van der Waals surface area contributed by atoms with Crippen molar-refractivity contribution in [3.63, 3.8) is 0 Å². The zero-order valence-corrected chi connectivity index (χ0v) is 15.1. The number of rotatable bonds is 8. The molecule has 0 aliphatic carbocycles. The van der Waals surface area contributed by atoms with Crippen LogP contribution >= 0.6 is 0 Å². The number of nitrogens with zero attached hydrogens (tertiary/aromatic N) is 2. The van der Waals surface area contributed by atoms with E-state index in [0.717, 1.165) is 28.4 Å². The number of imidazole rings is 1. The third-order valence-electron chi connectivity index (χ3n) is 3.95. The molecule has 0 saturated carbocycles. The topological polar surface area (TPSA) is 65.4 Å². The van der Waals surface area contributed by atoms with E-state index in [1.54, 1.807) is 0 Å². The second kappa shape index (κ2) is 8.38. The van der Waals surface area contributed by atoms with Crippen molar-refractivity contribution in [1.82, 2.24) is 14.9 Å². The molecule has 0 aliphatic heterocycles. The van der Waals surface area contributed by atoms with E-state index in [1.807, 2.05) is 55.5 Å². The fourth-order valence-corrected chi connectivity index (χ4v) is 2.80. The van der Waals surface area contributed by atoms with Crippen molar-refractivity contribution >= 4 is 16.9 Å². The van der Waals surface area contributed by atoms with Gasteiger partial charge < -0.3 is 19.4 Å². The normalized spacial score (nSPS) is 10.7. The standard InChI is InChI=1S/C20H23N3O3/c1-3-25-18-10-6-7-11-19(18)26-13-12-23-17-9-5-4-8-16(17)22-20(23)14-21-15(2)24/h4-11H,3,12-14H2,1-2H3,(H,21,24). The van der Waals surface area contributed by atoms with Crippen LogP contribution in [0, 0.1) is 0 Å². The summed E-state index contributed by atoms with van der Waals surface area (Å²) in [6.07, 6.45) is 0. The van der Waals surface area contributed by atoms with Crippen molar-refractivity contribution in [3.8, 4) is 11.5 Å². The lowest BCUT2D eigenvalue weighted by atomic mass is 10.3. The highest BCUT2D eigenvalue weighted by molar-refractivity contribution is 5.76. The fraction of sp³-hybridized carbons (Fsp3) is 0.300. The maximum atomic E-state index is 11.3. The Kier molecular flexibility index (Phi) is 5.73. The number of benzene rings is 2. The van der Waals surface area contributed by atoms with E-state index in [9.17, 15) is 4.79 Å². The van der Waals surface area contributed by atoms with Gasteiger partial charge in [0.1, 0.15) is 12.4 Å². The van der Waals surface area contributed by atoms with Crippen LogP contribution < -0.4 is 14.8 Å². The van der Waals surface area contributed by atoms with Gasteiger partial charge in [0.15, 0.2) is 11.5 Å². The van der Waals surface area contributed by atoms with E-state index in [1.165, 1.54) is 6.92 Å². The molecule has 0 bridgehead atoms. The van der Waals surface area contributed by atoms with Gasteiger partial charge in [-0.3, -0.25) is 4.79 Å². The summed E-state index contributed by atoms with van der Waals surface area (Å²) in [5.41, 5.74) is 1.93. The highest BCUT2D eigenvalue weighted by Crippen LogP contribution is 2.26. The molecule has 1 heterocycles. The molecule has 0 saturated heterocycles. The van der Waals surface area contributed by atoms with Crippen LogP contribution in [-0.2, 0) is 17.9 Å². The molecule has 3 rings (SSSR count). The molecule has 0 spiro atoms. The van der Waals surface area contributed by atoms with Crippen molar-refractivity contribution < 1.29 is 14.3 Å². The van der Waals surface area contributed by atoms with Gasteiger partial charge in [-0.15, -0.1) is 0 Å². The van der Waals surface area contributed by atoms with Crippen molar-refractivity contribution in [3.05, 3.63) is 54.4 Å². The molecule has 136 valence electrons. The summed E-state index contributed by atoms with van der Waals surface area (Å²) in [7, 11) is 0. The Morgan fingerprint density at radius 3 is 2.50 bits per heavy atom. The first-order chi connectivity index (χ1) is 12.7. The Hall–Kier alpha value is -3.02. The second-order valence-electron chi connectivity index (χ2n) is 5.81. The molecular formula is C20H23N3O3. The minimum Gasteiger partial charge on any atom is -0.490 e. The molecule has 26 heavy (non-hydrogen) atoms. The average molecular weight is 353 g/mol. The summed E-state index contributed by atoms with van der Waals surface area (Å²) < 4.78 is 13.6. The Labute approximate surface area is 152 Å². The molecule has 6 heteroatoms. The van der Waals surface area contributed by atoms with Crippen LogP contribution in [0.25, 0.3) is 11.0 Å². The molecule has 0 radical (unpaired) electrons. The minimum atomic E-state index is -0.0782. The van der Waals surface area contributed by atoms with Crippen molar-refractivity contribution in [2.45, 2.75) is 26.9 Å². The smallest absolute Gasteiger partial charge is 0.217 e. The SMILES string of the molecule is CCOc1ccccc1OCCn1c(CNC(C)=O)nc2ccccc21. The molecule has 1 amide bonds. The van der Waals surface area contributed by atoms with Crippen LogP contribution in [0.15, 0.2) is 48.5 Å². The van der Waals surface area contributed by atoms with E-state index >= 15 is 0 Å². The van der Waals surface area contributed by atoms with Crippen molar-refractivity contribution in [2.24, 2.45) is 0 Å². The van der Waals surface area contributed by atoms with Crippen LogP contribution in [-0.4, -0.2) is 28.7 Å². The molecule has 2 aromatic carbocycles. The predicted molar refractivity (Wildman–Crippen MR) is 100 cm³/mol. The monoisotopic (exact) mass is 353 g/mol. The summed E-state index contributed by atoms with van der Waals surface area (Å²) in [6.45, 7) is 5.52. The molecule has 0 aliphatic rings. The van der Waals surface area contributed by atoms with E-state index in [-0.39, 0.29) is 5.91 Å². The number of carbonyl (C=O) groups excluding carboxylic acids is 1. The number of ether oxygens (including phenoxy) is 2. The largest absolute Gasteiger partial charge is 0.490 e. The number of carbonyl (C=O) groups is 1. The zero-order valence-electron chi connectivity index (χ0n) is 15.1. The van der Waals surface area contributed by atoms with Crippen LogP contribution in [0.5, 0.6) is 11.5 Å². The first-order valence-corrected chi connectivity index (χ1v) is 8.72. The predicted octanol–water partition coefficient (Wildman–Crippen LogP) is 3.15. The number of nitrogens with one attached hydrogen (secondary N) is 1. The molecule has 0 atom stereocenters. The summed E-state index contributed by atoms with van der Waals surface area (Å²) in [4.78, 5) is 15.9. The van der Waals surface area contributed by atoms with Gasteiger partial charge in [0.2, 0.25) is 5.91 Å². The molecule has 6 nitrogen and oxygen atoms in total. The van der Waals surface area contributed by atoms with E-state index in [2.05, 4.69) is 14.9 Å². The minimum absolute atomic E-state index is 0.0782. The molecular weight excluding hydrogens is 330 g/mol. The van der Waals surface area contributed by atoms with Gasteiger partial charge in [-0.05, 0) is 31.2 Å². The van der Waals surface area contributed by atoms with Gasteiger partial charge in [-0.1, -0.05) is 24.3 Å². The average Bonchev–Trinajstić information content (AvgIpc) is 2.99. The Morgan fingerprint density at radius 1 is 1.08 bits per heavy atom. The van der Waals surface area contributed by atoms with Crippen LogP contribution in [0.3, 0.4) is 0 Å². The summed E-state index contributed by atoms with van der Waals surface area (Å²) in [5.74, 6) is 2.19. The van der Waals surface area contributed by atoms with Crippen LogP contribution in [0.1, 0.15) is 19.7 Å². The summed E-state index contributed by atoms with van der Waals surface area (Å²) >= 11 is 0. The van der Waals surface area contributed by atoms with Crippen LogP contribution in [0.2, 0.25) is 0 Å². The second-order valence-corrected chi connectivity index (χ2v) is 5.81. The maximum absolute atomic E-state index is 11.3. The van der Waals surface area contributed by atoms with Crippen molar-refractivity contribution in [1.29, 1.82) is 0 Å². The van der Waals surface area contributed by atoms with E-state index in [4.69, 9.17) is 9.47 Å². The number of para-hydroxylation sites is 4. The lowest BCUT2D eigenvalue weighted by Crippen LogP contribution is -2.22. The van der Waals surface area contributed by atoms with E-state index in [0.29, 0.717) is 26.3 Å². The van der Waals surface area contributed by atoms with Crippen LogP contribution in [0.4, 0.5) is 0 Å². The number of fused-ring (bicyclic) bond motifs is 1. The molecule has 1 N–H and O–H groups in total. The van der Waals surface area contributed by atoms with Gasteiger partial charge in [0.05, 0.1) is 30.7 Å². The molecule has 0 unspecified atom stereocenters. The molecule has 1 aromatic heterocycles. The molecule has 0 fully saturated rings. The number of hydrogen-bond acceptors (Lipinski definition) is 4. The number of amides is 1. The van der Waals surface area contributed by atoms with Gasteiger partial charge in [0.25, 0.3) is 0 Å². The zero-order chi connectivity index (χ0) is 18.4. The Balaban J connectivity index is 1.75. The number of hydrogen-bond donors (Lipinski definition) is 1. The third kappa shape index (κ3) is 4.14. The van der Waals surface area contributed by atoms with Gasteiger partial charge in [0, 0.05) is 6.92 Å². The van der Waals surface area contributed by atoms with E-state index < -0.39 is 0 Å². The Morgan fingerprint density at radius 2 is 1.77 bits per heavy atom. The number of aromatic nitrogens is 2. The highest BCUT2D eigenvalue weighted by atomic mass is 16.5. The lowest BCUT2D eigenvalue weighted by molar-refractivity contribution is -0.119. The van der Waals surface area contributed by atoms with Crippen molar-refractivity contribution in [2.75, 3.05) is 13.2 Å². The first-order valence-electron chi connectivity index (χ1n) is 8.72. The molecule has 3 aromatic rings. The quantitative estimate of drug-likeness (QED) is 0.676. The lowest BCUT2D eigenvalue weighted by Gasteiger charge is -2.13. The van der Waals surface area contributed by atoms with Gasteiger partial charge >= 0.3 is 0 Å². The third-order valence-corrected chi connectivity index (χ3v) is 3.95. The summed E-state index contributed by atoms with van der Waals surface area (Å²) in [6, 6.07) is 15.6. The summed E-state index contributed by atoms with van der Waals surface area (Å²) in [5, 5.41) is 2.81. The first kappa shape index (κ1) is 17.8. The fourth-order valence-electron chi connectivity index (χ4n) is 2.80. The van der Waals surface area contributed by atoms with Gasteiger partial charge in [-0.25, -0.2) is 4.98 Å². The highest BCUT2D eigenvalue weighted by Gasteiger charge is 2.11. The maximum Gasteiger partial charge on any atom is 0.217 e. The van der Waals surface area contributed by atoms with Gasteiger partial charge in [-0.2, -0.15) is 0 Å².